The Hall–Kier alpha value is -1.21. The lowest BCUT2D eigenvalue weighted by atomic mass is 10.0. The third-order valence-electron chi connectivity index (χ3n) is 5.09. The predicted molar refractivity (Wildman–Crippen MR) is 102 cm³/mol. The predicted octanol–water partition coefficient (Wildman–Crippen LogP) is 3.29. The van der Waals surface area contributed by atoms with E-state index in [4.69, 9.17) is 10.5 Å². The van der Waals surface area contributed by atoms with E-state index in [0.717, 1.165) is 15.6 Å². The molecule has 2 aromatic rings. The van der Waals surface area contributed by atoms with E-state index in [2.05, 4.69) is 15.9 Å². The van der Waals surface area contributed by atoms with Crippen molar-refractivity contribution < 1.29 is 13.2 Å². The Labute approximate surface area is 157 Å². The summed E-state index contributed by atoms with van der Waals surface area (Å²) in [5.74, 6) is -0.170. The summed E-state index contributed by atoms with van der Waals surface area (Å²) < 4.78 is 32.9. The maximum absolute atomic E-state index is 13.3. The van der Waals surface area contributed by atoms with E-state index in [9.17, 15) is 8.42 Å². The average molecular weight is 424 g/mol. The van der Waals surface area contributed by atoms with Crippen molar-refractivity contribution in [2.75, 3.05) is 20.3 Å². The minimum atomic E-state index is -3.50. The second-order valence-corrected chi connectivity index (χ2v) is 9.66. The summed E-state index contributed by atoms with van der Waals surface area (Å²) in [5, 5.41) is -0.575. The number of halogens is 1. The van der Waals surface area contributed by atoms with Crippen molar-refractivity contribution in [3.8, 4) is 0 Å². The first kappa shape index (κ1) is 18.6. The molecule has 0 aromatic heterocycles. The van der Waals surface area contributed by atoms with Crippen molar-refractivity contribution in [2.24, 2.45) is 11.1 Å². The minimum absolute atomic E-state index is 0.170. The largest absolute Gasteiger partial charge is 0.384 e. The molecule has 0 bridgehead atoms. The van der Waals surface area contributed by atoms with Crippen LogP contribution in [0.2, 0.25) is 0 Å². The van der Waals surface area contributed by atoms with Gasteiger partial charge in [0, 0.05) is 29.5 Å². The lowest BCUT2D eigenvalue weighted by molar-refractivity contribution is 0.142. The normalized spacial score (nSPS) is 25.8. The van der Waals surface area contributed by atoms with Gasteiger partial charge in [-0.25, -0.2) is 8.42 Å². The Morgan fingerprint density at radius 3 is 2.24 bits per heavy atom. The highest BCUT2D eigenvalue weighted by atomic mass is 79.9. The fourth-order valence-corrected chi connectivity index (χ4v) is 6.45. The SMILES string of the molecule is COC[C@@]1(CN)[C@@H](c2ccc(Br)cc2)[C@@H]1S(=O)(=O)c1ccc(C)cc1. The van der Waals surface area contributed by atoms with Crippen LogP contribution < -0.4 is 5.73 Å². The Morgan fingerprint density at radius 1 is 1.12 bits per heavy atom. The van der Waals surface area contributed by atoms with Crippen molar-refractivity contribution in [1.82, 2.24) is 0 Å². The molecular formula is C19H22BrNO3S. The number of benzene rings is 2. The Kier molecular flexibility index (Phi) is 5.08. The van der Waals surface area contributed by atoms with Crippen LogP contribution in [0.15, 0.2) is 57.9 Å². The smallest absolute Gasteiger partial charge is 0.182 e. The fraction of sp³-hybridized carbons (Fsp3) is 0.368. The zero-order valence-electron chi connectivity index (χ0n) is 14.3. The van der Waals surface area contributed by atoms with E-state index >= 15 is 0 Å². The van der Waals surface area contributed by atoms with Crippen molar-refractivity contribution >= 4 is 25.8 Å². The van der Waals surface area contributed by atoms with E-state index in [1.165, 1.54) is 0 Å². The Balaban J connectivity index is 2.05. The third-order valence-corrected chi connectivity index (χ3v) is 7.95. The van der Waals surface area contributed by atoms with Gasteiger partial charge in [0.25, 0.3) is 0 Å². The van der Waals surface area contributed by atoms with Crippen LogP contribution in [0.1, 0.15) is 17.0 Å². The molecule has 0 amide bonds. The number of methoxy groups -OCH3 is 1. The van der Waals surface area contributed by atoms with Gasteiger partial charge in [0.2, 0.25) is 0 Å². The van der Waals surface area contributed by atoms with Crippen molar-refractivity contribution in [1.29, 1.82) is 0 Å². The second kappa shape index (κ2) is 6.83. The molecule has 1 fully saturated rings. The first-order valence-corrected chi connectivity index (χ1v) is 10.5. The number of hydrogen-bond acceptors (Lipinski definition) is 4. The number of sulfone groups is 1. The van der Waals surface area contributed by atoms with Gasteiger partial charge in [-0.05, 0) is 36.8 Å². The second-order valence-electron chi connectivity index (χ2n) is 6.68. The van der Waals surface area contributed by atoms with Gasteiger partial charge in [-0.15, -0.1) is 0 Å². The van der Waals surface area contributed by atoms with Crippen molar-refractivity contribution in [3.05, 3.63) is 64.1 Å². The minimum Gasteiger partial charge on any atom is -0.384 e. The molecule has 1 aliphatic rings. The molecule has 0 radical (unpaired) electrons. The molecule has 0 aliphatic heterocycles. The first-order chi connectivity index (χ1) is 11.9. The first-order valence-electron chi connectivity index (χ1n) is 8.12. The van der Waals surface area contributed by atoms with Crippen LogP contribution >= 0.6 is 15.9 Å². The Bertz CT molecular complexity index is 849. The summed E-state index contributed by atoms with van der Waals surface area (Å²) in [6.45, 7) is 2.52. The van der Waals surface area contributed by atoms with Crippen LogP contribution in [0, 0.1) is 12.3 Å². The molecule has 3 rings (SSSR count). The fourth-order valence-electron chi connectivity index (χ4n) is 3.74. The summed E-state index contributed by atoms with van der Waals surface area (Å²) in [4.78, 5) is 0.344. The van der Waals surface area contributed by atoms with Crippen LogP contribution in [-0.2, 0) is 14.6 Å². The van der Waals surface area contributed by atoms with Crippen LogP contribution in [0.3, 0.4) is 0 Å². The van der Waals surface area contributed by atoms with Gasteiger partial charge in [0.05, 0.1) is 16.8 Å². The lowest BCUT2D eigenvalue weighted by Gasteiger charge is -2.15. The van der Waals surface area contributed by atoms with E-state index in [0.29, 0.717) is 11.5 Å². The van der Waals surface area contributed by atoms with E-state index in [1.807, 2.05) is 43.3 Å². The molecule has 3 atom stereocenters. The van der Waals surface area contributed by atoms with Crippen molar-refractivity contribution in [2.45, 2.75) is 23.0 Å². The zero-order chi connectivity index (χ0) is 18.2. The highest BCUT2D eigenvalue weighted by Gasteiger charge is 2.70. The summed E-state index contributed by atoms with van der Waals surface area (Å²) in [6.07, 6.45) is 0. The van der Waals surface area contributed by atoms with Crippen LogP contribution in [0.25, 0.3) is 0 Å². The van der Waals surface area contributed by atoms with Crippen LogP contribution in [0.5, 0.6) is 0 Å². The van der Waals surface area contributed by atoms with Gasteiger partial charge in [-0.2, -0.15) is 0 Å². The standard InChI is InChI=1S/C19H22BrNO3S/c1-13-3-9-16(10-4-13)25(22,23)18-17(19(18,11-21)12-24-2)14-5-7-15(20)8-6-14/h3-10,17-18H,11-12,21H2,1-2H3/t17-,18-,19-/m0/s1. The molecule has 0 spiro atoms. The number of rotatable bonds is 6. The molecule has 0 unspecified atom stereocenters. The molecule has 25 heavy (non-hydrogen) atoms. The summed E-state index contributed by atoms with van der Waals surface area (Å²) in [6, 6.07) is 14.8. The quantitative estimate of drug-likeness (QED) is 0.773. The molecular weight excluding hydrogens is 402 g/mol. The van der Waals surface area contributed by atoms with Gasteiger partial charge in [-0.3, -0.25) is 0 Å². The average Bonchev–Trinajstić information content (AvgIpc) is 3.26. The topological polar surface area (TPSA) is 69.4 Å². The monoisotopic (exact) mass is 423 g/mol. The van der Waals surface area contributed by atoms with Gasteiger partial charge in [0.15, 0.2) is 9.84 Å². The molecule has 0 saturated heterocycles. The van der Waals surface area contributed by atoms with Gasteiger partial charge in [0.1, 0.15) is 0 Å². The highest BCUT2D eigenvalue weighted by molar-refractivity contribution is 9.10. The van der Waals surface area contributed by atoms with E-state index < -0.39 is 20.5 Å². The molecule has 4 nitrogen and oxygen atoms in total. The number of aryl methyl sites for hydroxylation is 1. The maximum atomic E-state index is 13.3. The number of hydrogen-bond donors (Lipinski definition) is 1. The number of nitrogens with two attached hydrogens (primary N) is 1. The zero-order valence-corrected chi connectivity index (χ0v) is 16.7. The summed E-state index contributed by atoms with van der Waals surface area (Å²) in [5.41, 5.74) is 7.46. The third kappa shape index (κ3) is 3.16. The summed E-state index contributed by atoms with van der Waals surface area (Å²) >= 11 is 3.42. The highest BCUT2D eigenvalue weighted by Crippen LogP contribution is 2.63. The molecule has 2 N–H and O–H groups in total. The van der Waals surface area contributed by atoms with E-state index in [-0.39, 0.29) is 12.5 Å². The van der Waals surface area contributed by atoms with E-state index in [1.54, 1.807) is 19.2 Å². The van der Waals surface area contributed by atoms with Crippen molar-refractivity contribution in [3.63, 3.8) is 0 Å². The van der Waals surface area contributed by atoms with Crippen LogP contribution in [-0.4, -0.2) is 33.9 Å². The molecule has 2 aromatic carbocycles. The Morgan fingerprint density at radius 2 is 1.72 bits per heavy atom. The molecule has 0 heterocycles. The van der Waals surface area contributed by atoms with Gasteiger partial charge >= 0.3 is 0 Å². The summed E-state index contributed by atoms with van der Waals surface area (Å²) in [7, 11) is -1.92. The van der Waals surface area contributed by atoms with Gasteiger partial charge < -0.3 is 10.5 Å². The van der Waals surface area contributed by atoms with Gasteiger partial charge in [-0.1, -0.05) is 45.8 Å². The van der Waals surface area contributed by atoms with Crippen LogP contribution in [0.4, 0.5) is 0 Å². The maximum Gasteiger partial charge on any atom is 0.182 e. The lowest BCUT2D eigenvalue weighted by Crippen LogP contribution is -2.28. The molecule has 1 aliphatic carbocycles. The number of ether oxygens (including phenoxy) is 1. The molecule has 1 saturated carbocycles. The molecule has 134 valence electrons. The molecule has 6 heteroatoms.